The molecule has 0 atom stereocenters. The molecule has 2 aromatic carbocycles. The highest BCUT2D eigenvalue weighted by molar-refractivity contribution is 5.88. The van der Waals surface area contributed by atoms with Crippen LogP contribution in [0.15, 0.2) is 135 Å². The van der Waals surface area contributed by atoms with Crippen molar-refractivity contribution in [2.75, 3.05) is 0 Å². The van der Waals surface area contributed by atoms with Crippen molar-refractivity contribution in [3.63, 3.8) is 0 Å². The first-order valence-corrected chi connectivity index (χ1v) is 13.8. The molecule has 250 valence electrons. The van der Waals surface area contributed by atoms with Gasteiger partial charge in [-0.3, -0.25) is 0 Å². The fourth-order valence-corrected chi connectivity index (χ4v) is 2.92. The van der Waals surface area contributed by atoms with Gasteiger partial charge in [-0.2, -0.15) is 0 Å². The van der Waals surface area contributed by atoms with Gasteiger partial charge in [0.15, 0.2) is 23.0 Å². The lowest BCUT2D eigenvalue weighted by Gasteiger charge is -2.13. The molecule has 12 nitrogen and oxygen atoms in total. The topological polar surface area (TPSA) is 142 Å². The minimum atomic E-state index is -0.649. The Hall–Kier alpha value is -6.56. The first-order chi connectivity index (χ1) is 22.8. The maximum absolute atomic E-state index is 11.7. The summed E-state index contributed by atoms with van der Waals surface area (Å²) in [6.45, 7) is 20.0. The second kappa shape index (κ2) is 19.1. The molecule has 12 heteroatoms. The van der Waals surface area contributed by atoms with Gasteiger partial charge in [0.2, 0.25) is 0 Å². The molecule has 0 amide bonds. The van der Waals surface area contributed by atoms with Crippen LogP contribution < -0.4 is 18.9 Å². The highest BCUT2D eigenvalue weighted by Crippen LogP contribution is 2.37. The molecule has 0 aliphatic carbocycles. The van der Waals surface area contributed by atoms with Gasteiger partial charge in [-0.15, -0.1) is 0 Å². The van der Waals surface area contributed by atoms with Crippen LogP contribution in [0.4, 0.5) is 0 Å². The van der Waals surface area contributed by atoms with Gasteiger partial charge in [0.05, 0.1) is 0 Å². The van der Waals surface area contributed by atoms with E-state index in [0.29, 0.717) is 11.1 Å². The van der Waals surface area contributed by atoms with Crippen LogP contribution >= 0.6 is 0 Å². The molecule has 0 aliphatic heterocycles. The van der Waals surface area contributed by atoms with Crippen molar-refractivity contribution in [3.8, 4) is 34.1 Å². The number of benzene rings is 2. The Bertz CT molecular complexity index is 1580. The fraction of sp³-hybridized carbons (Fsp3) is 0.111. The summed E-state index contributed by atoms with van der Waals surface area (Å²) in [6.07, 6.45) is 8.63. The van der Waals surface area contributed by atoms with E-state index in [1.165, 1.54) is 27.7 Å². The van der Waals surface area contributed by atoms with E-state index in [0.717, 1.165) is 50.1 Å². The van der Waals surface area contributed by atoms with Crippen molar-refractivity contribution in [2.45, 2.75) is 27.7 Å². The smallest absolute Gasteiger partial charge is 0.338 e. The number of esters is 4. The van der Waals surface area contributed by atoms with Gasteiger partial charge < -0.3 is 37.9 Å². The van der Waals surface area contributed by atoms with E-state index in [9.17, 15) is 19.2 Å². The van der Waals surface area contributed by atoms with E-state index in [2.05, 4.69) is 26.3 Å². The van der Waals surface area contributed by atoms with E-state index in [-0.39, 0.29) is 45.3 Å². The third-order valence-corrected chi connectivity index (χ3v) is 5.32. The second-order valence-corrected chi connectivity index (χ2v) is 9.63. The normalized spacial score (nSPS) is 10.8. The predicted molar refractivity (Wildman–Crippen MR) is 175 cm³/mol. The minimum Gasteiger partial charge on any atom is -0.458 e. The fourth-order valence-electron chi connectivity index (χ4n) is 2.92. The van der Waals surface area contributed by atoms with Crippen molar-refractivity contribution in [1.29, 1.82) is 0 Å². The molecule has 2 aromatic rings. The number of hydrogen-bond acceptors (Lipinski definition) is 12. The summed E-state index contributed by atoms with van der Waals surface area (Å²) in [5.41, 5.74) is 1.99. The van der Waals surface area contributed by atoms with Crippen LogP contribution in [0, 0.1) is 0 Å². The molecule has 0 unspecified atom stereocenters. The number of ether oxygens (including phenoxy) is 8. The van der Waals surface area contributed by atoms with Crippen molar-refractivity contribution < 1.29 is 57.1 Å². The van der Waals surface area contributed by atoms with Gasteiger partial charge >= 0.3 is 23.9 Å². The van der Waals surface area contributed by atoms with Crippen molar-refractivity contribution in [3.05, 3.63) is 135 Å². The van der Waals surface area contributed by atoms with E-state index in [1.807, 2.05) is 0 Å². The van der Waals surface area contributed by atoms with Gasteiger partial charge in [-0.05, 0) is 63.1 Å². The predicted octanol–water partition coefficient (Wildman–Crippen LogP) is 7.23. The molecule has 0 aliphatic rings. The van der Waals surface area contributed by atoms with Crippen LogP contribution in [-0.4, -0.2) is 23.9 Å². The van der Waals surface area contributed by atoms with Crippen LogP contribution in [0.2, 0.25) is 0 Å². The van der Waals surface area contributed by atoms with Gasteiger partial charge in [0.25, 0.3) is 0 Å². The number of rotatable bonds is 17. The van der Waals surface area contributed by atoms with Gasteiger partial charge in [0, 0.05) is 22.3 Å². The Morgan fingerprint density at radius 2 is 0.667 bits per heavy atom. The zero-order valence-corrected chi connectivity index (χ0v) is 26.8. The molecular formula is C36H34O12. The highest BCUT2D eigenvalue weighted by atomic mass is 16.6. The Morgan fingerprint density at radius 3 is 0.917 bits per heavy atom. The van der Waals surface area contributed by atoms with Crippen molar-refractivity contribution >= 4 is 23.9 Å². The molecular weight excluding hydrogens is 624 g/mol. The van der Waals surface area contributed by atoms with Gasteiger partial charge in [-0.1, -0.05) is 38.4 Å². The Balaban J connectivity index is 2.43. The zero-order chi connectivity index (χ0) is 35.6. The monoisotopic (exact) mass is 658 g/mol. The molecule has 0 fully saturated rings. The second-order valence-electron chi connectivity index (χ2n) is 9.63. The molecule has 0 saturated heterocycles. The molecule has 0 saturated carbocycles. The molecule has 0 N–H and O–H groups in total. The maximum atomic E-state index is 11.7. The van der Waals surface area contributed by atoms with E-state index < -0.39 is 23.9 Å². The number of carbonyl (C=O) groups is 4. The first-order valence-electron chi connectivity index (χ1n) is 13.8. The van der Waals surface area contributed by atoms with Crippen LogP contribution in [0.25, 0.3) is 11.1 Å². The largest absolute Gasteiger partial charge is 0.458 e. The molecule has 48 heavy (non-hydrogen) atoms. The lowest BCUT2D eigenvalue weighted by Crippen LogP contribution is -2.00. The average Bonchev–Trinajstić information content (AvgIpc) is 3.05. The van der Waals surface area contributed by atoms with Gasteiger partial charge in [-0.25, -0.2) is 19.2 Å². The summed E-state index contributed by atoms with van der Waals surface area (Å²) in [5, 5.41) is 0. The summed E-state index contributed by atoms with van der Waals surface area (Å²) in [6, 6.07) is 9.75. The summed E-state index contributed by atoms with van der Waals surface area (Å²) < 4.78 is 42.1. The minimum absolute atomic E-state index is 0.169. The quantitative estimate of drug-likeness (QED) is 0.0732. The molecule has 2 rings (SSSR count). The number of hydrogen-bond donors (Lipinski definition) is 0. The Labute approximate surface area is 277 Å². The summed E-state index contributed by atoms with van der Waals surface area (Å²) in [4.78, 5) is 46.7. The Morgan fingerprint density at radius 1 is 0.417 bits per heavy atom. The summed E-state index contributed by atoms with van der Waals surface area (Å²) in [5.74, 6) is -1.84. The van der Waals surface area contributed by atoms with Crippen molar-refractivity contribution in [1.82, 2.24) is 0 Å². The van der Waals surface area contributed by atoms with E-state index in [4.69, 9.17) is 37.9 Å². The zero-order valence-electron chi connectivity index (χ0n) is 26.8. The SMILES string of the molecule is C=C(C)C(=O)O/C=C/Oc1ccc(-c2ccc(O/C=C/OC(=O)C(=C)C)c(O/C=C/OC(=O)C(=C)C)c2)cc1O/C=C/OC(=O)C(=C)C. The highest BCUT2D eigenvalue weighted by Gasteiger charge is 2.12. The summed E-state index contributed by atoms with van der Waals surface area (Å²) in [7, 11) is 0. The lowest BCUT2D eigenvalue weighted by atomic mass is 10.0. The van der Waals surface area contributed by atoms with Gasteiger partial charge in [0.1, 0.15) is 50.1 Å². The van der Waals surface area contributed by atoms with Crippen LogP contribution in [0.1, 0.15) is 27.7 Å². The standard InChI is InChI=1S/C36H34O12/c1-23(2)33(37)45-17-13-41-29-11-9-27(21-31(29)43-15-19-47-35(39)25(5)6)28-10-12-30(42-14-18-46-34(38)24(3)4)32(22-28)44-16-20-48-36(40)26(7)8/h9-22H,1,3,5,7H2,2,4,6,8H3/b17-13+,18-14+,19-15+,20-16+. The molecule has 0 aromatic heterocycles. The van der Waals surface area contributed by atoms with Crippen LogP contribution in [0.5, 0.6) is 23.0 Å². The first kappa shape index (κ1) is 37.6. The van der Waals surface area contributed by atoms with Crippen LogP contribution in [0.3, 0.4) is 0 Å². The molecule has 0 bridgehead atoms. The molecule has 0 spiro atoms. The maximum Gasteiger partial charge on any atom is 0.338 e. The third-order valence-electron chi connectivity index (χ3n) is 5.32. The number of carbonyl (C=O) groups excluding carboxylic acids is 4. The lowest BCUT2D eigenvalue weighted by molar-refractivity contribution is -0.134. The van der Waals surface area contributed by atoms with Crippen molar-refractivity contribution in [2.24, 2.45) is 0 Å². The molecule has 0 radical (unpaired) electrons. The third kappa shape index (κ3) is 12.8. The van der Waals surface area contributed by atoms with E-state index >= 15 is 0 Å². The van der Waals surface area contributed by atoms with Crippen LogP contribution in [-0.2, 0) is 38.1 Å². The summed E-state index contributed by atoms with van der Waals surface area (Å²) >= 11 is 0. The average molecular weight is 659 g/mol. The Kier molecular flexibility index (Phi) is 14.9. The molecule has 0 heterocycles. The van der Waals surface area contributed by atoms with E-state index in [1.54, 1.807) is 36.4 Å².